The van der Waals surface area contributed by atoms with Crippen LogP contribution in [-0.4, -0.2) is 57.0 Å². The molecule has 0 saturated heterocycles. The second-order valence-electron chi connectivity index (χ2n) is 10.1. The molecule has 11 nitrogen and oxygen atoms in total. The minimum atomic E-state index is -1.06. The molecule has 5 rings (SSSR count). The summed E-state index contributed by atoms with van der Waals surface area (Å²) in [5.41, 5.74) is 1.26. The fraction of sp³-hybridized carbons (Fsp3) is 0.226. The molecule has 0 saturated carbocycles. The molecule has 0 radical (unpaired) electrons. The van der Waals surface area contributed by atoms with Gasteiger partial charge in [0, 0.05) is 42.6 Å². The van der Waals surface area contributed by atoms with Crippen molar-refractivity contribution in [1.29, 1.82) is 0 Å². The zero-order valence-electron chi connectivity index (χ0n) is 23.1. The number of benzene rings is 3. The van der Waals surface area contributed by atoms with Crippen LogP contribution in [0.25, 0.3) is 0 Å². The van der Waals surface area contributed by atoms with E-state index >= 15 is 0 Å². The van der Waals surface area contributed by atoms with Crippen LogP contribution in [0.1, 0.15) is 34.5 Å². The van der Waals surface area contributed by atoms with Gasteiger partial charge in [-0.1, -0.05) is 60.7 Å². The minimum absolute atomic E-state index is 0.0852. The summed E-state index contributed by atoms with van der Waals surface area (Å²) in [6, 6.07) is 24.1. The summed E-state index contributed by atoms with van der Waals surface area (Å²) < 4.78 is 7.99. The lowest BCUT2D eigenvalue weighted by Gasteiger charge is -2.32. The number of aromatic nitrogens is 2. The van der Waals surface area contributed by atoms with Crippen LogP contribution in [0, 0.1) is 16.0 Å². The van der Waals surface area contributed by atoms with Gasteiger partial charge in [0.05, 0.1) is 11.0 Å². The number of likely N-dealkylation sites (N-methyl/N-ethyl adjacent to an activating group) is 1. The summed E-state index contributed by atoms with van der Waals surface area (Å²) in [6.45, 7) is 2.85. The number of nitrogens with zero attached hydrogens (tertiary/aromatic N) is 5. The Bertz CT molecular complexity index is 1710. The SMILES string of the molecule is CC1=Nc2cc(=O)n(C(=O)c3ccccc3)n2C(c2cccc([N+](=O)[O-])c2)C1C(=O)OCCN(C)Cc1ccccc1. The number of nitro groups is 1. The van der Waals surface area contributed by atoms with Gasteiger partial charge in [0.1, 0.15) is 12.5 Å². The Labute approximate surface area is 241 Å². The van der Waals surface area contributed by atoms with E-state index in [1.54, 1.807) is 43.3 Å². The van der Waals surface area contributed by atoms with Gasteiger partial charge in [0.2, 0.25) is 0 Å². The van der Waals surface area contributed by atoms with E-state index in [9.17, 15) is 24.5 Å². The summed E-state index contributed by atoms with van der Waals surface area (Å²) in [5.74, 6) is -2.14. The third kappa shape index (κ3) is 5.81. The van der Waals surface area contributed by atoms with Crippen molar-refractivity contribution in [3.05, 3.63) is 128 Å². The minimum Gasteiger partial charge on any atom is -0.464 e. The predicted octanol–water partition coefficient (Wildman–Crippen LogP) is 4.23. The standard InChI is InChI=1S/C31H29N5O6/c1-21-28(31(39)42-17-16-33(2)20-22-10-5-3-6-11-22)29(24-14-9-15-25(18-24)36(40)41)34-26(32-21)19-27(37)35(34)30(38)23-12-7-4-8-13-23/h3-15,18-19,28-29H,16-17,20H2,1-2H3. The van der Waals surface area contributed by atoms with E-state index in [0.717, 1.165) is 10.2 Å². The molecule has 11 heteroatoms. The molecule has 0 aliphatic carbocycles. The number of hydrogen-bond donors (Lipinski definition) is 0. The number of rotatable bonds is 9. The second-order valence-corrected chi connectivity index (χ2v) is 10.1. The van der Waals surface area contributed by atoms with Gasteiger partial charge in [0.25, 0.3) is 17.2 Å². The zero-order chi connectivity index (χ0) is 29.8. The second kappa shape index (κ2) is 12.1. The van der Waals surface area contributed by atoms with Gasteiger partial charge in [-0.05, 0) is 37.2 Å². The fourth-order valence-corrected chi connectivity index (χ4v) is 5.14. The maximum Gasteiger partial charge on any atom is 0.317 e. The predicted molar refractivity (Wildman–Crippen MR) is 156 cm³/mol. The van der Waals surface area contributed by atoms with Gasteiger partial charge < -0.3 is 4.74 Å². The van der Waals surface area contributed by atoms with Crippen molar-refractivity contribution in [3.63, 3.8) is 0 Å². The summed E-state index contributed by atoms with van der Waals surface area (Å²) in [5, 5.41) is 11.6. The van der Waals surface area contributed by atoms with Crippen LogP contribution < -0.4 is 5.56 Å². The van der Waals surface area contributed by atoms with Gasteiger partial charge in [-0.25, -0.2) is 9.67 Å². The molecular weight excluding hydrogens is 538 g/mol. The fourth-order valence-electron chi connectivity index (χ4n) is 5.14. The molecule has 3 aromatic carbocycles. The Morgan fingerprint density at radius 2 is 1.69 bits per heavy atom. The first-order chi connectivity index (χ1) is 20.2. The maximum atomic E-state index is 13.7. The van der Waals surface area contributed by atoms with Gasteiger partial charge >= 0.3 is 5.97 Å². The molecule has 2 heterocycles. The lowest BCUT2D eigenvalue weighted by molar-refractivity contribution is -0.384. The molecule has 2 atom stereocenters. The molecule has 1 aliphatic heterocycles. The van der Waals surface area contributed by atoms with Crippen molar-refractivity contribution in [2.45, 2.75) is 19.5 Å². The lowest BCUT2D eigenvalue weighted by Crippen LogP contribution is -2.42. The Morgan fingerprint density at radius 3 is 2.38 bits per heavy atom. The summed E-state index contributed by atoms with van der Waals surface area (Å²) in [6.07, 6.45) is 0. The van der Waals surface area contributed by atoms with E-state index in [4.69, 9.17) is 4.74 Å². The van der Waals surface area contributed by atoms with Gasteiger partial charge in [0.15, 0.2) is 5.82 Å². The van der Waals surface area contributed by atoms with E-state index in [2.05, 4.69) is 4.99 Å². The average molecular weight is 568 g/mol. The van der Waals surface area contributed by atoms with E-state index < -0.39 is 34.3 Å². The number of carbonyl (C=O) groups is 2. The first-order valence-electron chi connectivity index (χ1n) is 13.4. The topological polar surface area (TPSA) is 129 Å². The summed E-state index contributed by atoms with van der Waals surface area (Å²) in [7, 11) is 1.92. The number of hydrogen-bond acceptors (Lipinski definition) is 8. The van der Waals surface area contributed by atoms with Crippen molar-refractivity contribution in [1.82, 2.24) is 14.3 Å². The number of ether oxygens (including phenoxy) is 1. The van der Waals surface area contributed by atoms with Crippen LogP contribution in [0.5, 0.6) is 0 Å². The Hall–Kier alpha value is -5.16. The Kier molecular flexibility index (Phi) is 8.21. The van der Waals surface area contributed by atoms with E-state index in [-0.39, 0.29) is 23.7 Å². The molecule has 42 heavy (non-hydrogen) atoms. The normalized spacial score (nSPS) is 16.0. The summed E-state index contributed by atoms with van der Waals surface area (Å²) >= 11 is 0. The van der Waals surface area contributed by atoms with Crippen molar-refractivity contribution < 1.29 is 19.2 Å². The number of nitro benzene ring substituents is 1. The Morgan fingerprint density at radius 1 is 1.00 bits per heavy atom. The molecule has 1 aliphatic rings. The number of esters is 1. The molecule has 0 N–H and O–H groups in total. The van der Waals surface area contributed by atoms with Crippen molar-refractivity contribution in [3.8, 4) is 0 Å². The number of aliphatic imine (C=N–C) groups is 1. The monoisotopic (exact) mass is 567 g/mol. The van der Waals surface area contributed by atoms with Crippen molar-refractivity contribution >= 4 is 29.1 Å². The van der Waals surface area contributed by atoms with E-state index in [1.165, 1.54) is 28.9 Å². The molecule has 0 fully saturated rings. The van der Waals surface area contributed by atoms with Crippen LogP contribution in [-0.2, 0) is 16.1 Å². The molecule has 0 amide bonds. The largest absolute Gasteiger partial charge is 0.464 e. The molecular formula is C31H29N5O6. The number of fused-ring (bicyclic) bond motifs is 1. The van der Waals surface area contributed by atoms with Crippen molar-refractivity contribution in [2.24, 2.45) is 10.9 Å². The average Bonchev–Trinajstić information content (AvgIpc) is 3.31. The van der Waals surface area contributed by atoms with E-state index in [1.807, 2.05) is 42.3 Å². The molecule has 0 spiro atoms. The third-order valence-corrected chi connectivity index (χ3v) is 7.13. The van der Waals surface area contributed by atoms with Gasteiger partial charge in [-0.2, -0.15) is 4.68 Å². The lowest BCUT2D eigenvalue weighted by atomic mass is 9.88. The third-order valence-electron chi connectivity index (χ3n) is 7.13. The van der Waals surface area contributed by atoms with Crippen LogP contribution in [0.15, 0.2) is 101 Å². The smallest absolute Gasteiger partial charge is 0.317 e. The maximum absolute atomic E-state index is 13.7. The first kappa shape index (κ1) is 28.4. The molecule has 2 unspecified atom stereocenters. The summed E-state index contributed by atoms with van der Waals surface area (Å²) in [4.78, 5) is 58.0. The van der Waals surface area contributed by atoms with Crippen LogP contribution in [0.4, 0.5) is 11.5 Å². The number of carbonyl (C=O) groups excluding carboxylic acids is 2. The highest BCUT2D eigenvalue weighted by Crippen LogP contribution is 2.38. The van der Waals surface area contributed by atoms with Gasteiger partial charge in [-0.3, -0.25) is 29.4 Å². The molecule has 4 aromatic rings. The Balaban J connectivity index is 1.50. The molecule has 214 valence electrons. The highest BCUT2D eigenvalue weighted by Gasteiger charge is 2.42. The quantitative estimate of drug-likeness (QED) is 0.168. The first-order valence-corrected chi connectivity index (χ1v) is 13.4. The molecule has 0 bridgehead atoms. The van der Waals surface area contributed by atoms with E-state index in [0.29, 0.717) is 24.4 Å². The van der Waals surface area contributed by atoms with Gasteiger partial charge in [-0.15, -0.1) is 0 Å². The highest BCUT2D eigenvalue weighted by molar-refractivity contribution is 6.04. The highest BCUT2D eigenvalue weighted by atomic mass is 16.6. The van der Waals surface area contributed by atoms with Crippen LogP contribution >= 0.6 is 0 Å². The molecule has 1 aromatic heterocycles. The van der Waals surface area contributed by atoms with Crippen LogP contribution in [0.3, 0.4) is 0 Å². The van der Waals surface area contributed by atoms with Crippen molar-refractivity contribution in [2.75, 3.05) is 20.2 Å². The van der Waals surface area contributed by atoms with Crippen LogP contribution in [0.2, 0.25) is 0 Å². The zero-order valence-corrected chi connectivity index (χ0v) is 23.1. The number of non-ortho nitro benzene ring substituents is 1.